The average molecular weight is 306 g/mol. The minimum absolute atomic E-state index is 0.0640. The van der Waals surface area contributed by atoms with E-state index in [1.807, 2.05) is 31.2 Å². The molecule has 0 saturated carbocycles. The molecule has 6 heteroatoms. The van der Waals surface area contributed by atoms with Crippen molar-refractivity contribution in [1.29, 1.82) is 0 Å². The van der Waals surface area contributed by atoms with Gasteiger partial charge in [-0.1, -0.05) is 12.1 Å². The molecule has 1 aliphatic heterocycles. The third-order valence-electron chi connectivity index (χ3n) is 4.19. The van der Waals surface area contributed by atoms with E-state index < -0.39 is 9.84 Å². The van der Waals surface area contributed by atoms with Gasteiger partial charge in [0.1, 0.15) is 5.69 Å². The van der Waals surface area contributed by atoms with E-state index in [4.69, 9.17) is 0 Å². The fourth-order valence-electron chi connectivity index (χ4n) is 2.86. The van der Waals surface area contributed by atoms with Crippen molar-refractivity contribution in [3.63, 3.8) is 0 Å². The van der Waals surface area contributed by atoms with Crippen molar-refractivity contribution >= 4 is 26.6 Å². The Morgan fingerprint density at radius 3 is 2.76 bits per heavy atom. The maximum absolute atomic E-state index is 12.5. The summed E-state index contributed by atoms with van der Waals surface area (Å²) in [5.41, 5.74) is 2.53. The van der Waals surface area contributed by atoms with Gasteiger partial charge in [0.15, 0.2) is 9.84 Å². The number of carbonyl (C=O) groups excluding carboxylic acids is 1. The number of amides is 1. The number of nitrogens with zero attached hydrogens (tertiary/aromatic N) is 1. The second kappa shape index (κ2) is 4.87. The summed E-state index contributed by atoms with van der Waals surface area (Å²) in [6.07, 6.45) is 0.518. The Balaban J connectivity index is 1.88. The number of rotatable bonds is 2. The summed E-state index contributed by atoms with van der Waals surface area (Å²) in [4.78, 5) is 17.2. The molecule has 1 aliphatic rings. The van der Waals surface area contributed by atoms with Crippen LogP contribution in [0.5, 0.6) is 0 Å². The summed E-state index contributed by atoms with van der Waals surface area (Å²) >= 11 is 0. The molecule has 0 bridgehead atoms. The first-order chi connectivity index (χ1) is 9.87. The van der Waals surface area contributed by atoms with E-state index in [2.05, 4.69) is 4.98 Å². The van der Waals surface area contributed by atoms with Gasteiger partial charge >= 0.3 is 0 Å². The second-order valence-corrected chi connectivity index (χ2v) is 7.92. The van der Waals surface area contributed by atoms with Crippen LogP contribution in [0.1, 0.15) is 22.5 Å². The van der Waals surface area contributed by atoms with E-state index in [0.29, 0.717) is 12.1 Å². The Hall–Kier alpha value is -1.82. The van der Waals surface area contributed by atoms with E-state index in [0.717, 1.165) is 16.5 Å². The third kappa shape index (κ3) is 2.55. The average Bonchev–Trinajstić information content (AvgIpc) is 3.01. The quantitative estimate of drug-likeness (QED) is 0.918. The van der Waals surface area contributed by atoms with Gasteiger partial charge in [-0.3, -0.25) is 4.79 Å². The number of H-pyrrole nitrogens is 1. The van der Waals surface area contributed by atoms with Crippen LogP contribution < -0.4 is 0 Å². The van der Waals surface area contributed by atoms with Crippen LogP contribution in [0.4, 0.5) is 0 Å². The molecular formula is C15H18N2O3S. The van der Waals surface area contributed by atoms with E-state index >= 15 is 0 Å². The highest BCUT2D eigenvalue weighted by Gasteiger charge is 2.33. The normalized spacial score (nSPS) is 20.8. The van der Waals surface area contributed by atoms with Gasteiger partial charge in [-0.25, -0.2) is 8.42 Å². The van der Waals surface area contributed by atoms with Crippen molar-refractivity contribution in [2.24, 2.45) is 0 Å². The summed E-state index contributed by atoms with van der Waals surface area (Å²) < 4.78 is 23.1. The number of benzene rings is 1. The van der Waals surface area contributed by atoms with Crippen LogP contribution in [-0.4, -0.2) is 48.8 Å². The predicted octanol–water partition coefficient (Wildman–Crippen LogP) is 1.74. The Morgan fingerprint density at radius 1 is 1.38 bits per heavy atom. The van der Waals surface area contributed by atoms with Crippen molar-refractivity contribution in [2.75, 3.05) is 18.6 Å². The molecule has 0 radical (unpaired) electrons. The molecular weight excluding hydrogens is 288 g/mol. The van der Waals surface area contributed by atoms with Gasteiger partial charge in [-0.2, -0.15) is 0 Å². The summed E-state index contributed by atoms with van der Waals surface area (Å²) in [7, 11) is -1.32. The van der Waals surface area contributed by atoms with Gasteiger partial charge < -0.3 is 9.88 Å². The van der Waals surface area contributed by atoms with E-state index in [9.17, 15) is 13.2 Å². The number of fused-ring (bicyclic) bond motifs is 1. The maximum atomic E-state index is 12.5. The molecule has 1 unspecified atom stereocenters. The van der Waals surface area contributed by atoms with E-state index in [1.54, 1.807) is 11.9 Å². The van der Waals surface area contributed by atoms with Gasteiger partial charge in [0.25, 0.3) is 5.91 Å². The number of nitrogens with one attached hydrogen (secondary N) is 1. The van der Waals surface area contributed by atoms with Crippen molar-refractivity contribution in [3.05, 3.63) is 35.5 Å². The zero-order chi connectivity index (χ0) is 15.2. The number of hydrogen-bond acceptors (Lipinski definition) is 3. The number of hydrogen-bond donors (Lipinski definition) is 1. The first-order valence-corrected chi connectivity index (χ1v) is 8.75. The SMILES string of the molecule is Cc1cccc2[nH]c(C(=O)N(C)C3CCS(=O)(=O)C3)cc12. The first-order valence-electron chi connectivity index (χ1n) is 6.93. The molecule has 1 aromatic carbocycles. The van der Waals surface area contributed by atoms with Gasteiger partial charge in [-0.05, 0) is 31.0 Å². The zero-order valence-corrected chi connectivity index (χ0v) is 12.9. The lowest BCUT2D eigenvalue weighted by Gasteiger charge is -2.22. The van der Waals surface area contributed by atoms with Gasteiger partial charge in [-0.15, -0.1) is 0 Å². The molecule has 1 saturated heterocycles. The molecule has 3 rings (SSSR count). The van der Waals surface area contributed by atoms with Crippen LogP contribution >= 0.6 is 0 Å². The monoisotopic (exact) mass is 306 g/mol. The molecule has 0 spiro atoms. The van der Waals surface area contributed by atoms with Crippen LogP contribution in [0.3, 0.4) is 0 Å². The highest BCUT2D eigenvalue weighted by atomic mass is 32.2. The molecule has 1 atom stereocenters. The lowest BCUT2D eigenvalue weighted by atomic mass is 10.1. The zero-order valence-electron chi connectivity index (χ0n) is 12.1. The summed E-state index contributed by atoms with van der Waals surface area (Å²) in [5, 5.41) is 1.02. The van der Waals surface area contributed by atoms with Gasteiger partial charge in [0.2, 0.25) is 0 Å². The molecule has 0 aliphatic carbocycles. The summed E-state index contributed by atoms with van der Waals surface area (Å²) in [6, 6.07) is 7.48. The lowest BCUT2D eigenvalue weighted by molar-refractivity contribution is 0.0743. The number of aromatic amines is 1. The predicted molar refractivity (Wildman–Crippen MR) is 82.2 cm³/mol. The van der Waals surface area contributed by atoms with Crippen molar-refractivity contribution in [1.82, 2.24) is 9.88 Å². The number of aryl methyl sites for hydroxylation is 1. The van der Waals surface area contributed by atoms with Crippen LogP contribution in [-0.2, 0) is 9.84 Å². The van der Waals surface area contributed by atoms with Gasteiger partial charge in [0.05, 0.1) is 11.5 Å². The molecule has 5 nitrogen and oxygen atoms in total. The molecule has 1 amide bonds. The van der Waals surface area contributed by atoms with Crippen LogP contribution in [0, 0.1) is 6.92 Å². The molecule has 1 aromatic heterocycles. The minimum atomic E-state index is -2.99. The first kappa shape index (κ1) is 14.1. The largest absolute Gasteiger partial charge is 0.351 e. The summed E-state index contributed by atoms with van der Waals surface area (Å²) in [5.74, 6) is 0.0722. The minimum Gasteiger partial charge on any atom is -0.351 e. The maximum Gasteiger partial charge on any atom is 0.270 e. The van der Waals surface area contributed by atoms with E-state index in [1.165, 1.54) is 0 Å². The van der Waals surface area contributed by atoms with E-state index in [-0.39, 0.29) is 23.5 Å². The standard InChI is InChI=1S/C15H18N2O3S/c1-10-4-3-5-13-12(10)8-14(16-13)15(18)17(2)11-6-7-21(19,20)9-11/h3-5,8,11,16H,6-7,9H2,1-2H3. The van der Waals surface area contributed by atoms with Crippen molar-refractivity contribution < 1.29 is 13.2 Å². The van der Waals surface area contributed by atoms with Crippen molar-refractivity contribution in [2.45, 2.75) is 19.4 Å². The Bertz CT molecular complexity index is 807. The number of sulfone groups is 1. The fraction of sp³-hybridized carbons (Fsp3) is 0.400. The fourth-order valence-corrected chi connectivity index (χ4v) is 4.63. The van der Waals surface area contributed by atoms with Crippen LogP contribution in [0.15, 0.2) is 24.3 Å². The molecule has 2 heterocycles. The Labute approximate surface area is 123 Å². The molecule has 21 heavy (non-hydrogen) atoms. The smallest absolute Gasteiger partial charge is 0.270 e. The molecule has 1 N–H and O–H groups in total. The number of carbonyl (C=O) groups is 1. The Morgan fingerprint density at radius 2 is 2.14 bits per heavy atom. The van der Waals surface area contributed by atoms with Crippen molar-refractivity contribution in [3.8, 4) is 0 Å². The summed E-state index contributed by atoms with van der Waals surface area (Å²) in [6.45, 7) is 2.00. The Kier molecular flexibility index (Phi) is 3.28. The second-order valence-electron chi connectivity index (χ2n) is 5.69. The molecule has 2 aromatic rings. The third-order valence-corrected chi connectivity index (χ3v) is 5.94. The van der Waals surface area contributed by atoms with Gasteiger partial charge in [0, 0.05) is 24.0 Å². The highest BCUT2D eigenvalue weighted by Crippen LogP contribution is 2.22. The molecule has 1 fully saturated rings. The number of aromatic nitrogens is 1. The molecule has 112 valence electrons. The topological polar surface area (TPSA) is 70.2 Å². The highest BCUT2D eigenvalue weighted by molar-refractivity contribution is 7.91. The van der Waals surface area contributed by atoms with Crippen LogP contribution in [0.2, 0.25) is 0 Å². The van der Waals surface area contributed by atoms with Crippen LogP contribution in [0.25, 0.3) is 10.9 Å². The lowest BCUT2D eigenvalue weighted by Crippen LogP contribution is -2.37.